The Hall–Kier alpha value is -0.0700. The molecule has 0 aliphatic carbocycles. The van der Waals surface area contributed by atoms with Gasteiger partial charge in [-0.2, -0.15) is 0 Å². The van der Waals surface area contributed by atoms with Crippen LogP contribution in [0.2, 0.25) is 0 Å². The van der Waals surface area contributed by atoms with Crippen molar-refractivity contribution in [3.05, 3.63) is 0 Å². The van der Waals surface area contributed by atoms with Crippen molar-refractivity contribution in [3.63, 3.8) is 0 Å². The maximum atomic E-state index is 12.9. The molecule has 0 radical (unpaired) electrons. The monoisotopic (exact) mass is 160 g/mol. The third-order valence-electron chi connectivity index (χ3n) is 2.47. The molecule has 0 N–H and O–H groups in total. The first-order valence-corrected chi connectivity index (χ1v) is 4.75. The van der Waals surface area contributed by atoms with Crippen molar-refractivity contribution in [2.45, 2.75) is 53.1 Å². The molecule has 0 bridgehead atoms. The predicted octanol–water partition coefficient (Wildman–Crippen LogP) is 3.81. The van der Waals surface area contributed by atoms with E-state index in [1.807, 2.05) is 6.92 Å². The second kappa shape index (κ2) is 5.56. The van der Waals surface area contributed by atoms with Crippen LogP contribution in [0.1, 0.15) is 47.0 Å². The maximum absolute atomic E-state index is 12.9. The van der Waals surface area contributed by atoms with Crippen molar-refractivity contribution in [1.29, 1.82) is 0 Å². The van der Waals surface area contributed by atoms with Crippen molar-refractivity contribution in [2.75, 3.05) is 0 Å². The third-order valence-corrected chi connectivity index (χ3v) is 2.47. The minimum Gasteiger partial charge on any atom is -0.247 e. The molecule has 0 heterocycles. The minimum atomic E-state index is -0.581. The van der Waals surface area contributed by atoms with Gasteiger partial charge < -0.3 is 0 Å². The van der Waals surface area contributed by atoms with Crippen LogP contribution in [0.3, 0.4) is 0 Å². The summed E-state index contributed by atoms with van der Waals surface area (Å²) < 4.78 is 12.9. The van der Waals surface area contributed by atoms with E-state index in [0.29, 0.717) is 18.3 Å². The molecule has 0 aliphatic rings. The van der Waals surface area contributed by atoms with Crippen molar-refractivity contribution >= 4 is 0 Å². The zero-order valence-corrected chi connectivity index (χ0v) is 8.23. The van der Waals surface area contributed by atoms with E-state index in [9.17, 15) is 4.39 Å². The molecule has 1 unspecified atom stereocenters. The van der Waals surface area contributed by atoms with E-state index in [1.54, 1.807) is 0 Å². The van der Waals surface area contributed by atoms with E-state index in [-0.39, 0.29) is 0 Å². The highest BCUT2D eigenvalue weighted by Crippen LogP contribution is 2.22. The molecular formula is C10H21F. The van der Waals surface area contributed by atoms with Crippen LogP contribution in [-0.2, 0) is 0 Å². The molecule has 0 aliphatic heterocycles. The summed E-state index contributed by atoms with van der Waals surface area (Å²) in [5.41, 5.74) is 0. The Kier molecular flexibility index (Phi) is 5.53. The fraction of sp³-hybridized carbons (Fsp3) is 1.00. The molecule has 0 aromatic carbocycles. The second-order valence-corrected chi connectivity index (χ2v) is 3.65. The van der Waals surface area contributed by atoms with Crippen LogP contribution >= 0.6 is 0 Å². The lowest BCUT2D eigenvalue weighted by atomic mass is 9.88. The molecule has 0 fully saturated rings. The molecule has 1 heteroatoms. The number of halogens is 1. The molecule has 0 rings (SSSR count). The Bertz CT molecular complexity index is 88.9. The van der Waals surface area contributed by atoms with Gasteiger partial charge in [-0.05, 0) is 24.7 Å². The predicted molar refractivity (Wildman–Crippen MR) is 48.4 cm³/mol. The molecule has 0 amide bonds. The van der Waals surface area contributed by atoms with Crippen molar-refractivity contribution in [3.8, 4) is 0 Å². The summed E-state index contributed by atoms with van der Waals surface area (Å²) in [4.78, 5) is 0. The van der Waals surface area contributed by atoms with Gasteiger partial charge in [0, 0.05) is 0 Å². The highest BCUT2D eigenvalue weighted by molar-refractivity contribution is 4.66. The molecular weight excluding hydrogens is 139 g/mol. The average Bonchev–Trinajstić information content (AvgIpc) is 1.99. The van der Waals surface area contributed by atoms with Gasteiger partial charge in [0.2, 0.25) is 0 Å². The van der Waals surface area contributed by atoms with Crippen LogP contribution in [0.15, 0.2) is 0 Å². The minimum absolute atomic E-state index is 0.574. The zero-order chi connectivity index (χ0) is 8.85. The molecule has 2 atom stereocenters. The van der Waals surface area contributed by atoms with Gasteiger partial charge in [0.15, 0.2) is 0 Å². The van der Waals surface area contributed by atoms with Gasteiger partial charge in [-0.15, -0.1) is 0 Å². The van der Waals surface area contributed by atoms with Crippen LogP contribution in [0.25, 0.3) is 0 Å². The van der Waals surface area contributed by atoms with Crippen molar-refractivity contribution in [1.82, 2.24) is 0 Å². The standard InChI is InChI=1S/C10H21F/c1-5-9(8(3)4)7-10(11)6-2/h8-10H,5-7H2,1-4H3/t9?,10-/m1/s1. The largest absolute Gasteiger partial charge is 0.247 e. The first-order valence-electron chi connectivity index (χ1n) is 4.75. The molecule has 11 heavy (non-hydrogen) atoms. The van der Waals surface area contributed by atoms with Gasteiger partial charge in [0.25, 0.3) is 0 Å². The summed E-state index contributed by atoms with van der Waals surface area (Å²) in [5, 5.41) is 0. The number of alkyl halides is 1. The van der Waals surface area contributed by atoms with E-state index in [0.717, 1.165) is 12.8 Å². The van der Waals surface area contributed by atoms with E-state index < -0.39 is 6.17 Å². The Balaban J connectivity index is 3.68. The topological polar surface area (TPSA) is 0 Å². The molecule has 0 aromatic rings. The molecule has 0 saturated carbocycles. The summed E-state index contributed by atoms with van der Waals surface area (Å²) in [7, 11) is 0. The summed E-state index contributed by atoms with van der Waals surface area (Å²) in [6, 6.07) is 0. The summed E-state index contributed by atoms with van der Waals surface area (Å²) in [5.74, 6) is 1.20. The summed E-state index contributed by atoms with van der Waals surface area (Å²) in [6.45, 7) is 8.41. The fourth-order valence-electron chi connectivity index (χ4n) is 1.41. The van der Waals surface area contributed by atoms with E-state index in [4.69, 9.17) is 0 Å². The highest BCUT2D eigenvalue weighted by atomic mass is 19.1. The number of hydrogen-bond acceptors (Lipinski definition) is 0. The third kappa shape index (κ3) is 4.39. The van der Waals surface area contributed by atoms with Crippen LogP contribution in [0, 0.1) is 11.8 Å². The lowest BCUT2D eigenvalue weighted by Gasteiger charge is -2.20. The Labute approximate surface area is 70.2 Å². The smallest absolute Gasteiger partial charge is 0.100 e. The van der Waals surface area contributed by atoms with E-state index in [2.05, 4.69) is 20.8 Å². The number of rotatable bonds is 5. The van der Waals surface area contributed by atoms with Crippen LogP contribution in [-0.4, -0.2) is 6.17 Å². The van der Waals surface area contributed by atoms with Crippen molar-refractivity contribution < 1.29 is 4.39 Å². The number of hydrogen-bond donors (Lipinski definition) is 0. The summed E-state index contributed by atoms with van der Waals surface area (Å²) in [6.07, 6.45) is 1.95. The Morgan fingerprint density at radius 1 is 1.09 bits per heavy atom. The van der Waals surface area contributed by atoms with Gasteiger partial charge in [-0.25, -0.2) is 4.39 Å². The SMILES string of the molecule is CCC(C[C@H](F)CC)C(C)C. The highest BCUT2D eigenvalue weighted by Gasteiger charge is 2.15. The lowest BCUT2D eigenvalue weighted by Crippen LogP contribution is -2.13. The maximum Gasteiger partial charge on any atom is 0.100 e. The van der Waals surface area contributed by atoms with Gasteiger partial charge in [0.1, 0.15) is 6.17 Å². The van der Waals surface area contributed by atoms with Crippen LogP contribution in [0.5, 0.6) is 0 Å². The van der Waals surface area contributed by atoms with Gasteiger partial charge in [-0.3, -0.25) is 0 Å². The van der Waals surface area contributed by atoms with E-state index in [1.165, 1.54) is 0 Å². The molecule has 0 nitrogen and oxygen atoms in total. The first-order chi connectivity index (χ1) is 5.11. The van der Waals surface area contributed by atoms with Crippen LogP contribution in [0.4, 0.5) is 4.39 Å². The second-order valence-electron chi connectivity index (χ2n) is 3.65. The van der Waals surface area contributed by atoms with Crippen molar-refractivity contribution in [2.24, 2.45) is 11.8 Å². The normalized spacial score (nSPS) is 16.9. The van der Waals surface area contributed by atoms with Gasteiger partial charge in [-0.1, -0.05) is 34.1 Å². The van der Waals surface area contributed by atoms with Gasteiger partial charge in [0.05, 0.1) is 0 Å². The fourth-order valence-corrected chi connectivity index (χ4v) is 1.41. The molecule has 0 aromatic heterocycles. The first kappa shape index (κ1) is 10.9. The Morgan fingerprint density at radius 2 is 1.64 bits per heavy atom. The lowest BCUT2D eigenvalue weighted by molar-refractivity contribution is 0.223. The average molecular weight is 160 g/mol. The Morgan fingerprint density at radius 3 is 1.91 bits per heavy atom. The van der Waals surface area contributed by atoms with Gasteiger partial charge >= 0.3 is 0 Å². The summed E-state index contributed by atoms with van der Waals surface area (Å²) >= 11 is 0. The van der Waals surface area contributed by atoms with E-state index >= 15 is 0 Å². The molecule has 0 saturated heterocycles. The molecule has 68 valence electrons. The van der Waals surface area contributed by atoms with Crippen LogP contribution < -0.4 is 0 Å². The molecule has 0 spiro atoms. The zero-order valence-electron chi connectivity index (χ0n) is 8.23. The quantitative estimate of drug-likeness (QED) is 0.573.